The zero-order valence-electron chi connectivity index (χ0n) is 68.1. The topological polar surface area (TPSA) is 262 Å². The molecule has 9 aliphatic carbocycles. The molecule has 3 atom stereocenters. The normalized spacial score (nSPS) is 20.2. The van der Waals surface area contributed by atoms with Gasteiger partial charge in [-0.15, -0.1) is 0 Å². The van der Waals surface area contributed by atoms with Gasteiger partial charge in [-0.05, 0) is 154 Å². The molecule has 0 radical (unpaired) electrons. The first kappa shape index (κ1) is 89.5. The Labute approximate surface area is 674 Å². The lowest BCUT2D eigenvalue weighted by Gasteiger charge is -2.48. The van der Waals surface area contributed by atoms with Crippen molar-refractivity contribution in [1.82, 2.24) is 0 Å². The van der Waals surface area contributed by atoms with Crippen molar-refractivity contribution in [3.8, 4) is 24.3 Å². The van der Waals surface area contributed by atoms with Gasteiger partial charge in [0.05, 0.1) is 64.3 Å². The van der Waals surface area contributed by atoms with Gasteiger partial charge in [-0.3, -0.25) is 19.2 Å². The molecule has 6 aromatic carbocycles. The third-order valence-corrected chi connectivity index (χ3v) is 21.5. The van der Waals surface area contributed by atoms with Crippen molar-refractivity contribution >= 4 is 35.8 Å². The van der Waals surface area contributed by atoms with Crippen LogP contribution < -0.4 is 0 Å². The van der Waals surface area contributed by atoms with Gasteiger partial charge in [0.1, 0.15) is 23.3 Å². The number of rotatable bonds is 24. The zero-order valence-corrected chi connectivity index (χ0v) is 68.1. The first-order valence-corrected chi connectivity index (χ1v) is 39.5. The Morgan fingerprint density at radius 3 is 0.825 bits per heavy atom. The van der Waals surface area contributed by atoms with E-state index >= 15 is 0 Å². The number of fused-ring (bicyclic) bond motifs is 3. The number of carbonyl (C=O) groups is 6. The molecule has 6 aromatic rings. The summed E-state index contributed by atoms with van der Waals surface area (Å²) in [7, 11) is 0. The minimum absolute atomic E-state index is 0.0738. The number of benzene rings is 6. The van der Waals surface area contributed by atoms with E-state index in [1.807, 2.05) is 114 Å². The lowest BCUT2D eigenvalue weighted by Crippen LogP contribution is -2.51. The van der Waals surface area contributed by atoms with E-state index in [4.69, 9.17) is 52.1 Å². The fourth-order valence-electron chi connectivity index (χ4n) is 15.3. The van der Waals surface area contributed by atoms with Gasteiger partial charge < -0.3 is 28.4 Å². The molecule has 3 unspecified atom stereocenters. The summed E-state index contributed by atoms with van der Waals surface area (Å²) in [5.74, 6) is -0.551. The molecule has 594 valence electrons. The van der Waals surface area contributed by atoms with Crippen molar-refractivity contribution in [2.45, 2.75) is 182 Å². The smallest absolute Gasteiger partial charge is 0.394 e. The van der Waals surface area contributed by atoms with Crippen molar-refractivity contribution in [1.29, 1.82) is 21.0 Å². The quantitative estimate of drug-likeness (QED) is 0.0179. The number of carbonyl (C=O) groups excluding carboxylic acids is 6. The largest absolute Gasteiger partial charge is 0.471 e. The van der Waals surface area contributed by atoms with Crippen molar-refractivity contribution < 1.29 is 57.2 Å². The summed E-state index contributed by atoms with van der Waals surface area (Å²) < 4.78 is 31.1. The molecule has 0 saturated heterocycles. The summed E-state index contributed by atoms with van der Waals surface area (Å²) in [6.45, 7) is 51.2. The average molecular weight is 1540 g/mol. The Bertz CT molecular complexity index is 4130. The van der Waals surface area contributed by atoms with Crippen LogP contribution in [-0.2, 0) is 57.2 Å². The monoisotopic (exact) mass is 1540 g/mol. The minimum atomic E-state index is -1.15. The molecule has 0 spiro atoms. The van der Waals surface area contributed by atoms with E-state index in [-0.39, 0.29) is 70.3 Å². The van der Waals surface area contributed by atoms with E-state index in [1.165, 1.54) is 33.4 Å². The Balaban J connectivity index is 0.000000197. The van der Waals surface area contributed by atoms with Crippen LogP contribution in [0.15, 0.2) is 182 Å². The van der Waals surface area contributed by atoms with Gasteiger partial charge in [0.15, 0.2) is 10.8 Å². The van der Waals surface area contributed by atoms with E-state index in [2.05, 4.69) is 156 Å². The van der Waals surface area contributed by atoms with E-state index < -0.39 is 34.3 Å². The minimum Gasteiger partial charge on any atom is -0.471 e. The lowest BCUT2D eigenvalue weighted by molar-refractivity contribution is -0.155. The molecule has 18 nitrogen and oxygen atoms in total. The van der Waals surface area contributed by atoms with Crippen molar-refractivity contribution in [2.24, 2.45) is 46.3 Å². The summed E-state index contributed by atoms with van der Waals surface area (Å²) in [6, 6.07) is 57.5. The highest BCUT2D eigenvalue weighted by molar-refractivity contribution is 5.93. The van der Waals surface area contributed by atoms with Gasteiger partial charge in [0.2, 0.25) is 0 Å². The Hall–Kier alpha value is -11.7. The molecule has 0 amide bonds. The molecule has 15 rings (SSSR count). The number of esters is 6. The molecule has 0 fully saturated rings. The highest BCUT2D eigenvalue weighted by Crippen LogP contribution is 2.64. The van der Waals surface area contributed by atoms with Crippen LogP contribution in [0.1, 0.15) is 243 Å². The average Bonchev–Trinajstić information content (AvgIpc) is 0.713. The van der Waals surface area contributed by atoms with E-state index in [1.54, 1.807) is 12.1 Å². The maximum Gasteiger partial charge on any atom is 0.394 e. The molecule has 0 aliphatic heterocycles. The number of hydrogen-bond donors (Lipinski definition) is 0. The van der Waals surface area contributed by atoms with Crippen LogP contribution in [-0.4, -0.2) is 81.0 Å². The van der Waals surface area contributed by atoms with Crippen molar-refractivity contribution in [2.75, 3.05) is 39.6 Å². The van der Waals surface area contributed by atoms with Crippen LogP contribution >= 0.6 is 0 Å². The summed E-state index contributed by atoms with van der Waals surface area (Å²) in [5, 5.41) is 36.8. The Morgan fingerprint density at radius 1 is 0.360 bits per heavy atom. The molecule has 9 aliphatic rings. The first-order chi connectivity index (χ1) is 54.5. The molecule has 0 aromatic heterocycles. The third-order valence-electron chi connectivity index (χ3n) is 21.5. The first-order valence-electron chi connectivity index (χ1n) is 39.5. The molecule has 0 saturated carbocycles. The molecule has 18 heteroatoms. The predicted molar refractivity (Wildman–Crippen MR) is 437 cm³/mol. The maximum atomic E-state index is 13.1. The summed E-state index contributed by atoms with van der Waals surface area (Å²) in [5.41, 5.74) is 10.3. The maximum absolute atomic E-state index is 13.1. The fourth-order valence-corrected chi connectivity index (χ4v) is 15.3. The molecule has 0 heterocycles. The standard InChI is InChI=1S/3C23H23NO2.3C9H13NO2/c1-15(2)12-13-26-22(25)23(24-3)14-20-16-8-4-6-10-18(16)21(23)19-11-7-5-9-17(19)20;2*1-15(2)11-12-26-22(25)23(14-24)13-20-16-7-3-5-9-18(16)21(23)19-10-6-4-8-17(19)20;1-7(2)5-6-12-9(11)8(3)10-4;2*1-7(2)4-5-12-9(11)8(3)6-10/h4-11,15,20-21H,12-14H2,1-2H3;2*3-10,15,20-21H,11-13H2,1-2H3;7H,3,5-6H2,1-2H3;2*7H,3-5H2,1-2H3. The molecular weight excluding hydrogens is 1430 g/mol. The van der Waals surface area contributed by atoms with E-state index in [9.17, 15) is 39.3 Å². The molecule has 0 N–H and O–H groups in total. The fraction of sp³-hybridized carbons (Fsp3) is 0.438. The second-order valence-electron chi connectivity index (χ2n) is 32.2. The predicted octanol–water partition coefficient (Wildman–Crippen LogP) is 19.8. The number of hydrogen-bond acceptors (Lipinski definition) is 16. The summed E-state index contributed by atoms with van der Waals surface area (Å²) in [6.07, 6.45) is 6.40. The second-order valence-corrected chi connectivity index (χ2v) is 32.2. The molecular formula is C96H108N6O12. The Kier molecular flexibility index (Phi) is 32.8. The number of ether oxygens (including phenoxy) is 6. The summed E-state index contributed by atoms with van der Waals surface area (Å²) >= 11 is 0. The highest BCUT2D eigenvalue weighted by Gasteiger charge is 2.64. The number of nitriles is 4. The van der Waals surface area contributed by atoms with Crippen LogP contribution in [0.4, 0.5) is 0 Å². The van der Waals surface area contributed by atoms with E-state index in [0.717, 1.165) is 71.9 Å². The highest BCUT2D eigenvalue weighted by atomic mass is 16.6. The van der Waals surface area contributed by atoms with E-state index in [0.29, 0.717) is 94.4 Å². The molecule has 6 bridgehead atoms. The van der Waals surface area contributed by atoms with Crippen molar-refractivity contribution in [3.63, 3.8) is 0 Å². The van der Waals surface area contributed by atoms with Crippen LogP contribution in [0.5, 0.6) is 0 Å². The van der Waals surface area contributed by atoms with Crippen LogP contribution in [0, 0.1) is 105 Å². The number of nitrogens with zero attached hydrogens (tertiary/aromatic N) is 6. The third kappa shape index (κ3) is 21.1. The van der Waals surface area contributed by atoms with Gasteiger partial charge in [-0.2, -0.15) is 21.0 Å². The van der Waals surface area contributed by atoms with Crippen molar-refractivity contribution in [3.05, 3.63) is 272 Å². The zero-order chi connectivity index (χ0) is 83.6. The van der Waals surface area contributed by atoms with Gasteiger partial charge >= 0.3 is 41.4 Å². The lowest BCUT2D eigenvalue weighted by atomic mass is 9.52. The van der Waals surface area contributed by atoms with Gasteiger partial charge in [0.25, 0.3) is 5.70 Å². The second kappa shape index (κ2) is 41.7. The van der Waals surface area contributed by atoms with Gasteiger partial charge in [-0.25, -0.2) is 25.8 Å². The summed E-state index contributed by atoms with van der Waals surface area (Å²) in [4.78, 5) is 78.5. The Morgan fingerprint density at radius 2 is 0.588 bits per heavy atom. The SMILES string of the molecule is C=C(C#N)C(=O)OCCC(C)C.C=C(C#N)C(=O)OCCC(C)C.CC(C)CCOC(=O)C1(C#N)CC2c3ccccc3C1c1ccccc12.CC(C)CCOC(=O)C1(C#N)CC2c3ccccc3C1c1ccccc12.[C-]#[N+]C(=C)C(=O)OCCC(C)C.[C-]#[N+]C1(C(=O)OCCC(C)C)CC2c3ccccc3C1c1ccccc12. The van der Waals surface area contributed by atoms with Gasteiger partial charge in [0, 0.05) is 36.0 Å². The molecule has 114 heavy (non-hydrogen) atoms. The van der Waals surface area contributed by atoms with Crippen LogP contribution in [0.3, 0.4) is 0 Å². The van der Waals surface area contributed by atoms with Gasteiger partial charge in [-0.1, -0.05) is 248 Å². The van der Waals surface area contributed by atoms with Crippen LogP contribution in [0.25, 0.3) is 9.69 Å². The van der Waals surface area contributed by atoms with Crippen LogP contribution in [0.2, 0.25) is 0 Å².